The Kier molecular flexibility index (Phi) is 4.59. The first kappa shape index (κ1) is 11.7. The minimum Gasteiger partial charge on any atom is -0.0856 e. The molecule has 1 atom stereocenters. The number of hydrogen-bond donors (Lipinski definition) is 0. The normalized spacial score (nSPS) is 14.2. The smallest absolute Gasteiger partial charge is 0.0317 e. The molecule has 0 aliphatic heterocycles. The first-order valence-corrected chi connectivity index (χ1v) is 5.03. The van der Waals surface area contributed by atoms with Gasteiger partial charge in [0, 0.05) is 0 Å². The molecule has 0 bridgehead atoms. The van der Waals surface area contributed by atoms with Crippen LogP contribution in [0.5, 0.6) is 0 Å². The number of rotatable bonds is 4. The molecule has 0 amide bonds. The predicted molar refractivity (Wildman–Crippen MR) is 57.3 cm³/mol. The molecule has 0 nitrogen and oxygen atoms in total. The van der Waals surface area contributed by atoms with Crippen LogP contribution < -0.4 is 0 Å². The molecule has 0 aliphatic carbocycles. The van der Waals surface area contributed by atoms with Crippen LogP contribution in [0.4, 0.5) is 0 Å². The van der Waals surface area contributed by atoms with Crippen LogP contribution in [0, 0.1) is 11.3 Å². The Morgan fingerprint density at radius 1 is 1.33 bits per heavy atom. The predicted octanol–water partition coefficient (Wildman–Crippen LogP) is 4.42. The lowest BCUT2D eigenvalue weighted by Crippen LogP contribution is -2.19. The molecular formula is C12H24. The van der Waals surface area contributed by atoms with Crippen LogP contribution in [0.3, 0.4) is 0 Å². The quantitative estimate of drug-likeness (QED) is 0.545. The maximum atomic E-state index is 2.36. The second-order valence-corrected chi connectivity index (χ2v) is 4.76. The lowest BCUT2D eigenvalue weighted by Gasteiger charge is -2.29. The molecule has 0 saturated carbocycles. The van der Waals surface area contributed by atoms with Gasteiger partial charge in [-0.25, -0.2) is 0 Å². The van der Waals surface area contributed by atoms with Crippen LogP contribution in [0.1, 0.15) is 54.4 Å². The van der Waals surface area contributed by atoms with E-state index in [0.717, 1.165) is 5.92 Å². The average Bonchev–Trinajstić information content (AvgIpc) is 2.00. The summed E-state index contributed by atoms with van der Waals surface area (Å²) in [6, 6.07) is 0. The van der Waals surface area contributed by atoms with Crippen molar-refractivity contribution in [3.8, 4) is 0 Å². The van der Waals surface area contributed by atoms with Crippen molar-refractivity contribution in [1.29, 1.82) is 0 Å². The fourth-order valence-corrected chi connectivity index (χ4v) is 1.08. The summed E-state index contributed by atoms with van der Waals surface area (Å²) in [6.07, 6.45) is 4.84. The first-order valence-electron chi connectivity index (χ1n) is 5.03. The molecule has 0 heterocycles. The van der Waals surface area contributed by atoms with E-state index in [2.05, 4.69) is 47.6 Å². The Labute approximate surface area is 78.1 Å². The maximum absolute atomic E-state index is 2.36. The highest BCUT2D eigenvalue weighted by atomic mass is 14.3. The van der Waals surface area contributed by atoms with E-state index >= 15 is 0 Å². The van der Waals surface area contributed by atoms with Crippen molar-refractivity contribution in [3.05, 3.63) is 11.6 Å². The van der Waals surface area contributed by atoms with Gasteiger partial charge in [0.2, 0.25) is 0 Å². The topological polar surface area (TPSA) is 0 Å². The second kappa shape index (κ2) is 4.69. The van der Waals surface area contributed by atoms with Gasteiger partial charge >= 0.3 is 0 Å². The van der Waals surface area contributed by atoms with Crippen molar-refractivity contribution in [2.24, 2.45) is 11.3 Å². The third-order valence-corrected chi connectivity index (χ3v) is 3.12. The Morgan fingerprint density at radius 2 is 1.83 bits per heavy atom. The largest absolute Gasteiger partial charge is 0.0856 e. The third kappa shape index (κ3) is 3.94. The van der Waals surface area contributed by atoms with Crippen LogP contribution in [-0.4, -0.2) is 0 Å². The fraction of sp³-hybridized carbons (Fsp3) is 0.833. The summed E-state index contributed by atoms with van der Waals surface area (Å²) in [5.74, 6) is 0.789. The van der Waals surface area contributed by atoms with Gasteiger partial charge in [-0.2, -0.15) is 0 Å². The molecule has 0 aromatic carbocycles. The molecule has 0 N–H and O–H groups in total. The van der Waals surface area contributed by atoms with E-state index in [1.54, 1.807) is 0 Å². The molecule has 0 heteroatoms. The van der Waals surface area contributed by atoms with Crippen LogP contribution in [0.15, 0.2) is 11.6 Å². The van der Waals surface area contributed by atoms with Crippen molar-refractivity contribution in [2.75, 3.05) is 0 Å². The number of hydrogen-bond acceptors (Lipinski definition) is 0. The SMILES string of the molecule is CCC(C)(C)C(C)CC=C(C)C. The molecule has 0 aromatic heterocycles. The molecule has 0 spiro atoms. The van der Waals surface area contributed by atoms with Gasteiger partial charge in [0.25, 0.3) is 0 Å². The van der Waals surface area contributed by atoms with Crippen molar-refractivity contribution < 1.29 is 0 Å². The van der Waals surface area contributed by atoms with E-state index in [-0.39, 0.29) is 0 Å². The van der Waals surface area contributed by atoms with Gasteiger partial charge in [-0.1, -0.05) is 45.8 Å². The van der Waals surface area contributed by atoms with Gasteiger partial charge in [-0.15, -0.1) is 0 Å². The lowest BCUT2D eigenvalue weighted by atomic mass is 9.76. The minimum absolute atomic E-state index is 0.492. The van der Waals surface area contributed by atoms with E-state index in [9.17, 15) is 0 Å². The molecule has 0 rings (SSSR count). The summed E-state index contributed by atoms with van der Waals surface area (Å²) in [5, 5.41) is 0. The van der Waals surface area contributed by atoms with Crippen molar-refractivity contribution in [1.82, 2.24) is 0 Å². The zero-order valence-corrected chi connectivity index (χ0v) is 9.57. The summed E-state index contributed by atoms with van der Waals surface area (Å²) < 4.78 is 0. The third-order valence-electron chi connectivity index (χ3n) is 3.12. The average molecular weight is 168 g/mol. The summed E-state index contributed by atoms with van der Waals surface area (Å²) >= 11 is 0. The van der Waals surface area contributed by atoms with E-state index in [4.69, 9.17) is 0 Å². The van der Waals surface area contributed by atoms with Gasteiger partial charge < -0.3 is 0 Å². The molecule has 1 unspecified atom stereocenters. The zero-order chi connectivity index (χ0) is 9.78. The minimum atomic E-state index is 0.492. The van der Waals surface area contributed by atoms with E-state index < -0.39 is 0 Å². The highest BCUT2D eigenvalue weighted by Gasteiger charge is 2.22. The van der Waals surface area contributed by atoms with Gasteiger partial charge in [0.05, 0.1) is 0 Å². The van der Waals surface area contributed by atoms with Crippen LogP contribution in [0.25, 0.3) is 0 Å². The number of allylic oxidation sites excluding steroid dienone is 2. The Hall–Kier alpha value is -0.260. The monoisotopic (exact) mass is 168 g/mol. The van der Waals surface area contributed by atoms with E-state index in [1.165, 1.54) is 18.4 Å². The molecule has 0 radical (unpaired) electrons. The van der Waals surface area contributed by atoms with Crippen LogP contribution >= 0.6 is 0 Å². The fourth-order valence-electron chi connectivity index (χ4n) is 1.08. The standard InChI is InChI=1S/C12H24/c1-7-12(5,6)11(4)9-8-10(2)3/h8,11H,7,9H2,1-6H3. The summed E-state index contributed by atoms with van der Waals surface area (Å²) in [5.41, 5.74) is 1.93. The molecule has 72 valence electrons. The molecule has 0 saturated heterocycles. The van der Waals surface area contributed by atoms with Crippen molar-refractivity contribution in [3.63, 3.8) is 0 Å². The van der Waals surface area contributed by atoms with Crippen molar-refractivity contribution >= 4 is 0 Å². The highest BCUT2D eigenvalue weighted by Crippen LogP contribution is 2.32. The molecule has 0 fully saturated rings. The van der Waals surface area contributed by atoms with Crippen LogP contribution in [0.2, 0.25) is 0 Å². The molecule has 12 heavy (non-hydrogen) atoms. The van der Waals surface area contributed by atoms with Gasteiger partial charge in [-0.3, -0.25) is 0 Å². The van der Waals surface area contributed by atoms with Gasteiger partial charge in [0.1, 0.15) is 0 Å². The molecule has 0 aliphatic rings. The summed E-state index contributed by atoms with van der Waals surface area (Å²) in [6.45, 7) is 13.7. The zero-order valence-electron chi connectivity index (χ0n) is 9.57. The van der Waals surface area contributed by atoms with Gasteiger partial charge in [0.15, 0.2) is 0 Å². The van der Waals surface area contributed by atoms with Gasteiger partial charge in [-0.05, 0) is 31.6 Å². The highest BCUT2D eigenvalue weighted by molar-refractivity contribution is 4.95. The second-order valence-electron chi connectivity index (χ2n) is 4.76. The van der Waals surface area contributed by atoms with Crippen LogP contribution in [-0.2, 0) is 0 Å². The van der Waals surface area contributed by atoms with Crippen molar-refractivity contribution in [2.45, 2.75) is 54.4 Å². The first-order chi connectivity index (χ1) is 5.40. The Bertz CT molecular complexity index is 147. The Morgan fingerprint density at radius 3 is 2.17 bits per heavy atom. The molecule has 0 aromatic rings. The van der Waals surface area contributed by atoms with E-state index in [1.807, 2.05) is 0 Å². The maximum Gasteiger partial charge on any atom is -0.0317 e. The summed E-state index contributed by atoms with van der Waals surface area (Å²) in [7, 11) is 0. The van der Waals surface area contributed by atoms with E-state index in [0.29, 0.717) is 5.41 Å². The molecular weight excluding hydrogens is 144 g/mol. The lowest BCUT2D eigenvalue weighted by molar-refractivity contribution is 0.223. The Balaban J connectivity index is 4.03. The summed E-state index contributed by atoms with van der Waals surface area (Å²) in [4.78, 5) is 0.